The normalized spacial score (nSPS) is 26.9. The van der Waals surface area contributed by atoms with Gasteiger partial charge in [-0.2, -0.15) is 5.26 Å². The van der Waals surface area contributed by atoms with E-state index in [2.05, 4.69) is 17.9 Å². The molecular formula is C19H27N3O3S. The summed E-state index contributed by atoms with van der Waals surface area (Å²) in [5, 5.41) is 11.3. The Morgan fingerprint density at radius 3 is 2.81 bits per heavy atom. The number of thiophene rings is 1. The van der Waals surface area contributed by atoms with E-state index in [-0.39, 0.29) is 12.1 Å². The third-order valence-corrected chi connectivity index (χ3v) is 6.05. The molecule has 2 fully saturated rings. The predicted molar refractivity (Wildman–Crippen MR) is 100 cm³/mol. The van der Waals surface area contributed by atoms with Gasteiger partial charge in [-0.15, -0.1) is 11.3 Å². The fraction of sp³-hybridized carbons (Fsp3) is 0.684. The summed E-state index contributed by atoms with van der Waals surface area (Å²) in [5.74, 6) is 0. The Hall–Kier alpha value is -1.62. The van der Waals surface area contributed by atoms with Gasteiger partial charge in [0.25, 0.3) is 0 Å². The summed E-state index contributed by atoms with van der Waals surface area (Å²) < 4.78 is 11.8. The maximum atomic E-state index is 12.3. The molecule has 0 radical (unpaired) electrons. The lowest BCUT2D eigenvalue weighted by Gasteiger charge is -2.49. The van der Waals surface area contributed by atoms with Crippen molar-refractivity contribution < 1.29 is 14.3 Å². The highest BCUT2D eigenvalue weighted by molar-refractivity contribution is 7.10. The molecule has 0 spiro atoms. The van der Waals surface area contributed by atoms with E-state index < -0.39 is 11.2 Å². The molecule has 2 saturated heterocycles. The highest BCUT2D eigenvalue weighted by atomic mass is 32.1. The molecule has 3 rings (SSSR count). The molecule has 0 bridgehead atoms. The summed E-state index contributed by atoms with van der Waals surface area (Å²) in [6, 6.07) is 2.44. The predicted octanol–water partition coefficient (Wildman–Crippen LogP) is 3.09. The van der Waals surface area contributed by atoms with Crippen LogP contribution in [0.5, 0.6) is 0 Å². The van der Waals surface area contributed by atoms with Crippen molar-refractivity contribution in [3.8, 4) is 6.07 Å². The number of morpholine rings is 1. The van der Waals surface area contributed by atoms with Gasteiger partial charge in [0.05, 0.1) is 12.6 Å². The number of piperazine rings is 1. The van der Waals surface area contributed by atoms with Gasteiger partial charge in [-0.1, -0.05) is 0 Å². The molecule has 2 atom stereocenters. The lowest BCUT2D eigenvalue weighted by atomic mass is 9.91. The van der Waals surface area contributed by atoms with Crippen LogP contribution < -0.4 is 0 Å². The Morgan fingerprint density at radius 2 is 2.19 bits per heavy atom. The average molecular weight is 378 g/mol. The number of carbonyl (C=O) groups excluding carboxylic acids is 1. The van der Waals surface area contributed by atoms with Crippen LogP contribution in [0.4, 0.5) is 4.79 Å². The van der Waals surface area contributed by atoms with E-state index in [0.717, 1.165) is 29.1 Å². The van der Waals surface area contributed by atoms with E-state index in [1.807, 2.05) is 33.1 Å². The number of nitrogens with zero attached hydrogens (tertiary/aromatic N) is 3. The van der Waals surface area contributed by atoms with Crippen molar-refractivity contribution in [2.45, 2.75) is 51.9 Å². The third kappa shape index (κ3) is 3.73. The number of nitriles is 1. The van der Waals surface area contributed by atoms with Gasteiger partial charge in [0, 0.05) is 26.2 Å². The Morgan fingerprint density at radius 1 is 1.46 bits per heavy atom. The maximum Gasteiger partial charge on any atom is 0.410 e. The van der Waals surface area contributed by atoms with Crippen molar-refractivity contribution >= 4 is 17.4 Å². The molecule has 0 aliphatic carbocycles. The highest BCUT2D eigenvalue weighted by Gasteiger charge is 2.43. The van der Waals surface area contributed by atoms with Crippen molar-refractivity contribution in [1.29, 1.82) is 5.26 Å². The molecule has 7 heteroatoms. The minimum Gasteiger partial charge on any atom is -0.444 e. The second kappa shape index (κ2) is 6.84. The van der Waals surface area contributed by atoms with Crippen LogP contribution >= 0.6 is 11.3 Å². The lowest BCUT2D eigenvalue weighted by molar-refractivity contribution is -0.144. The fourth-order valence-electron chi connectivity index (χ4n) is 3.68. The smallest absolute Gasteiger partial charge is 0.410 e. The summed E-state index contributed by atoms with van der Waals surface area (Å²) in [5.41, 5.74) is 1.23. The molecule has 0 aromatic carbocycles. The van der Waals surface area contributed by atoms with Gasteiger partial charge in [0.15, 0.2) is 0 Å². The van der Waals surface area contributed by atoms with Crippen LogP contribution in [0.3, 0.4) is 0 Å². The van der Waals surface area contributed by atoms with Crippen LogP contribution in [0.15, 0.2) is 5.38 Å². The van der Waals surface area contributed by atoms with Crippen LogP contribution in [0, 0.1) is 18.3 Å². The number of fused-ring (bicyclic) bond motifs is 1. The molecule has 1 aromatic rings. The summed E-state index contributed by atoms with van der Waals surface area (Å²) in [4.78, 5) is 17.3. The van der Waals surface area contributed by atoms with Crippen LogP contribution in [0.25, 0.3) is 0 Å². The van der Waals surface area contributed by atoms with Crippen LogP contribution in [-0.2, 0) is 15.1 Å². The number of carbonyl (C=O) groups is 1. The van der Waals surface area contributed by atoms with Gasteiger partial charge in [-0.05, 0) is 51.1 Å². The molecule has 3 heterocycles. The molecule has 6 nitrogen and oxygen atoms in total. The quantitative estimate of drug-likeness (QED) is 0.752. The second-order valence-electron chi connectivity index (χ2n) is 8.31. The third-order valence-electron chi connectivity index (χ3n) is 5.07. The molecule has 0 saturated carbocycles. The van der Waals surface area contributed by atoms with E-state index >= 15 is 0 Å². The van der Waals surface area contributed by atoms with Crippen molar-refractivity contribution in [2.24, 2.45) is 0 Å². The topological polar surface area (TPSA) is 65.8 Å². The zero-order chi connectivity index (χ0) is 19.1. The SMILES string of the molecule is Cc1c([C@]2(C)CN3CCN(C(=O)OC(C)(C)C)C[C@H]3CO2)csc1C#N. The van der Waals surface area contributed by atoms with Crippen LogP contribution in [-0.4, -0.2) is 60.3 Å². The van der Waals surface area contributed by atoms with Crippen molar-refractivity contribution in [1.82, 2.24) is 9.80 Å². The number of ether oxygens (including phenoxy) is 2. The van der Waals surface area contributed by atoms with Gasteiger partial charge in [0.1, 0.15) is 22.1 Å². The van der Waals surface area contributed by atoms with Crippen LogP contribution in [0.2, 0.25) is 0 Å². The standard InChI is InChI=1S/C19H27N3O3S/c1-13-15(11-26-16(13)8-20)19(5)12-22-7-6-21(9-14(22)10-24-19)17(23)25-18(2,3)4/h11,14H,6-7,9-10,12H2,1-5H3/t14-,19-/m0/s1. The van der Waals surface area contributed by atoms with Gasteiger partial charge in [-0.3, -0.25) is 4.90 Å². The summed E-state index contributed by atoms with van der Waals surface area (Å²) in [7, 11) is 0. The molecule has 142 valence electrons. The number of rotatable bonds is 1. The highest BCUT2D eigenvalue weighted by Crippen LogP contribution is 2.37. The fourth-order valence-corrected chi connectivity index (χ4v) is 4.68. The van der Waals surface area contributed by atoms with Gasteiger partial charge in [0.2, 0.25) is 0 Å². The first-order chi connectivity index (χ1) is 12.1. The number of hydrogen-bond donors (Lipinski definition) is 0. The van der Waals surface area contributed by atoms with Gasteiger partial charge >= 0.3 is 6.09 Å². The first-order valence-electron chi connectivity index (χ1n) is 8.97. The first kappa shape index (κ1) is 19.2. The minimum absolute atomic E-state index is 0.179. The molecular weight excluding hydrogens is 350 g/mol. The second-order valence-corrected chi connectivity index (χ2v) is 9.19. The number of amides is 1. The monoisotopic (exact) mass is 377 g/mol. The molecule has 1 aromatic heterocycles. The minimum atomic E-state index is -0.481. The molecule has 1 amide bonds. The van der Waals surface area contributed by atoms with Crippen molar-refractivity contribution in [2.75, 3.05) is 32.8 Å². The van der Waals surface area contributed by atoms with E-state index in [0.29, 0.717) is 19.7 Å². The Kier molecular flexibility index (Phi) is 5.04. The molecule has 0 unspecified atom stereocenters. The largest absolute Gasteiger partial charge is 0.444 e. The lowest BCUT2D eigenvalue weighted by Crippen LogP contribution is -2.63. The molecule has 2 aliphatic rings. The zero-order valence-electron chi connectivity index (χ0n) is 16.2. The molecule has 26 heavy (non-hydrogen) atoms. The van der Waals surface area contributed by atoms with Crippen molar-refractivity contribution in [3.05, 3.63) is 21.4 Å². The summed E-state index contributed by atoms with van der Waals surface area (Å²) >= 11 is 1.48. The Balaban J connectivity index is 1.68. The Bertz CT molecular complexity index is 733. The zero-order valence-corrected chi connectivity index (χ0v) is 17.0. The van der Waals surface area contributed by atoms with Crippen molar-refractivity contribution in [3.63, 3.8) is 0 Å². The van der Waals surface area contributed by atoms with E-state index in [9.17, 15) is 10.1 Å². The first-order valence-corrected chi connectivity index (χ1v) is 9.85. The van der Waals surface area contributed by atoms with Gasteiger partial charge < -0.3 is 14.4 Å². The van der Waals surface area contributed by atoms with E-state index in [4.69, 9.17) is 9.47 Å². The summed E-state index contributed by atoms with van der Waals surface area (Å²) in [6.45, 7) is 13.2. The Labute approximate surface area is 159 Å². The van der Waals surface area contributed by atoms with Gasteiger partial charge in [-0.25, -0.2) is 4.79 Å². The van der Waals surface area contributed by atoms with E-state index in [1.54, 1.807) is 4.90 Å². The summed E-state index contributed by atoms with van der Waals surface area (Å²) in [6.07, 6.45) is -0.252. The van der Waals surface area contributed by atoms with E-state index in [1.165, 1.54) is 11.3 Å². The average Bonchev–Trinajstić information content (AvgIpc) is 2.94. The maximum absolute atomic E-state index is 12.3. The molecule has 0 N–H and O–H groups in total. The number of hydrogen-bond acceptors (Lipinski definition) is 6. The van der Waals surface area contributed by atoms with Crippen LogP contribution in [0.1, 0.15) is 43.7 Å². The molecule has 2 aliphatic heterocycles.